The smallest absolute Gasteiger partial charge is 0.223 e. The van der Waals surface area contributed by atoms with Crippen LogP contribution < -0.4 is 0 Å². The van der Waals surface area contributed by atoms with E-state index in [0.29, 0.717) is 5.28 Å². The minimum absolute atomic E-state index is 0.309. The molecule has 18 heavy (non-hydrogen) atoms. The second-order valence-corrected chi connectivity index (χ2v) is 5.71. The Morgan fingerprint density at radius 1 is 1.11 bits per heavy atom. The Morgan fingerprint density at radius 3 is 2.44 bits per heavy atom. The van der Waals surface area contributed by atoms with Crippen molar-refractivity contribution in [1.29, 1.82) is 0 Å². The molecule has 0 atom stereocenters. The van der Waals surface area contributed by atoms with Crippen molar-refractivity contribution in [2.45, 2.75) is 31.6 Å². The third-order valence-corrected chi connectivity index (χ3v) is 3.90. The summed E-state index contributed by atoms with van der Waals surface area (Å²) in [5.74, 6) is 0.900. The van der Waals surface area contributed by atoms with Crippen LogP contribution in [-0.4, -0.2) is 9.97 Å². The average Bonchev–Trinajstić information content (AvgIpc) is 2.29. The van der Waals surface area contributed by atoms with Crippen LogP contribution in [-0.2, 0) is 5.75 Å². The van der Waals surface area contributed by atoms with Crippen LogP contribution in [0.5, 0.6) is 0 Å². The second kappa shape index (κ2) is 5.72. The van der Waals surface area contributed by atoms with Crippen molar-refractivity contribution in [1.82, 2.24) is 9.97 Å². The van der Waals surface area contributed by atoms with Crippen LogP contribution in [0.3, 0.4) is 0 Å². The molecule has 0 amide bonds. The van der Waals surface area contributed by atoms with Gasteiger partial charge in [-0.25, -0.2) is 9.97 Å². The van der Waals surface area contributed by atoms with Crippen LogP contribution in [0.15, 0.2) is 29.4 Å². The van der Waals surface area contributed by atoms with Gasteiger partial charge in [0, 0.05) is 11.9 Å². The van der Waals surface area contributed by atoms with Gasteiger partial charge in [-0.05, 0) is 43.5 Å². The van der Waals surface area contributed by atoms with Crippen LogP contribution in [0.25, 0.3) is 0 Å². The van der Waals surface area contributed by atoms with Crippen LogP contribution in [0.1, 0.15) is 22.3 Å². The third kappa shape index (κ3) is 3.47. The molecule has 1 aromatic carbocycles. The summed E-state index contributed by atoms with van der Waals surface area (Å²) in [5, 5.41) is 1.26. The lowest BCUT2D eigenvalue weighted by Crippen LogP contribution is -1.91. The molecule has 0 N–H and O–H groups in total. The lowest BCUT2D eigenvalue weighted by Gasteiger charge is -2.06. The highest BCUT2D eigenvalue weighted by Crippen LogP contribution is 2.25. The van der Waals surface area contributed by atoms with Gasteiger partial charge in [-0.2, -0.15) is 0 Å². The topological polar surface area (TPSA) is 25.8 Å². The highest BCUT2D eigenvalue weighted by molar-refractivity contribution is 7.98. The molecule has 0 unspecified atom stereocenters. The molecule has 2 rings (SSSR count). The summed E-state index contributed by atoms with van der Waals surface area (Å²) in [7, 11) is 0. The maximum Gasteiger partial charge on any atom is 0.223 e. The van der Waals surface area contributed by atoms with Gasteiger partial charge in [-0.1, -0.05) is 29.3 Å². The van der Waals surface area contributed by atoms with Gasteiger partial charge in [0.05, 0.1) is 0 Å². The third-order valence-electron chi connectivity index (χ3n) is 2.55. The van der Waals surface area contributed by atoms with E-state index in [1.54, 1.807) is 18.0 Å². The lowest BCUT2D eigenvalue weighted by molar-refractivity contribution is 1.00. The Bertz CT molecular complexity index is 549. The summed E-state index contributed by atoms with van der Waals surface area (Å²) >= 11 is 7.51. The van der Waals surface area contributed by atoms with Gasteiger partial charge in [0.15, 0.2) is 0 Å². The number of nitrogens with zero attached hydrogens (tertiary/aromatic N) is 2. The highest BCUT2D eigenvalue weighted by Gasteiger charge is 2.04. The van der Waals surface area contributed by atoms with Crippen molar-refractivity contribution in [3.8, 4) is 0 Å². The van der Waals surface area contributed by atoms with Crippen LogP contribution in [0.4, 0.5) is 0 Å². The number of thioether (sulfide) groups is 1. The first-order valence-electron chi connectivity index (χ1n) is 5.74. The normalized spacial score (nSPS) is 10.7. The molecule has 0 saturated heterocycles. The van der Waals surface area contributed by atoms with Crippen molar-refractivity contribution >= 4 is 23.4 Å². The predicted octanol–water partition coefficient (Wildman–Crippen LogP) is 4.35. The fourth-order valence-electron chi connectivity index (χ4n) is 1.86. The van der Waals surface area contributed by atoms with Crippen molar-refractivity contribution < 1.29 is 0 Å². The summed E-state index contributed by atoms with van der Waals surface area (Å²) in [4.78, 5) is 8.21. The number of hydrogen-bond donors (Lipinski definition) is 0. The van der Waals surface area contributed by atoms with E-state index in [0.717, 1.165) is 16.3 Å². The Morgan fingerprint density at radius 2 is 1.78 bits per heavy atom. The maximum absolute atomic E-state index is 5.81. The number of aromatic nitrogens is 2. The van der Waals surface area contributed by atoms with E-state index in [4.69, 9.17) is 11.6 Å². The van der Waals surface area contributed by atoms with E-state index in [1.165, 1.54) is 16.7 Å². The number of aryl methyl sites for hydroxylation is 3. The van der Waals surface area contributed by atoms with Crippen LogP contribution in [0.2, 0.25) is 5.28 Å². The minimum atomic E-state index is 0.309. The molecular formula is C14H15ClN2S. The summed E-state index contributed by atoms with van der Waals surface area (Å²) in [5.41, 5.74) is 4.96. The number of benzene rings is 1. The van der Waals surface area contributed by atoms with E-state index in [9.17, 15) is 0 Å². The summed E-state index contributed by atoms with van der Waals surface area (Å²) in [6.45, 7) is 6.24. The van der Waals surface area contributed by atoms with E-state index in [-0.39, 0.29) is 0 Å². The molecule has 0 fully saturated rings. The van der Waals surface area contributed by atoms with Crippen LogP contribution >= 0.6 is 23.4 Å². The quantitative estimate of drug-likeness (QED) is 0.474. The van der Waals surface area contributed by atoms with Gasteiger partial charge >= 0.3 is 0 Å². The summed E-state index contributed by atoms with van der Waals surface area (Å²) in [6, 6.07) is 6.59. The molecule has 1 heterocycles. The van der Waals surface area contributed by atoms with Crippen molar-refractivity contribution in [3.05, 3.63) is 51.9 Å². The van der Waals surface area contributed by atoms with Gasteiger partial charge in [-0.3, -0.25) is 0 Å². The summed E-state index contributed by atoms with van der Waals surface area (Å²) in [6.07, 6.45) is 1.76. The standard InChI is InChI=1S/C14H15ClN2S/c1-9-4-10(2)6-12(5-9)8-18-13-11(3)7-16-14(15)17-13/h4-7H,8H2,1-3H3. The molecule has 0 radical (unpaired) electrons. The molecule has 0 aliphatic heterocycles. The molecule has 94 valence electrons. The molecule has 0 bridgehead atoms. The Balaban J connectivity index is 2.13. The average molecular weight is 279 g/mol. The first-order valence-corrected chi connectivity index (χ1v) is 7.10. The maximum atomic E-state index is 5.81. The SMILES string of the molecule is Cc1cc(C)cc(CSc2nc(Cl)ncc2C)c1. The monoisotopic (exact) mass is 278 g/mol. The molecule has 1 aromatic heterocycles. The Hall–Kier alpha value is -1.06. The number of rotatable bonds is 3. The van der Waals surface area contributed by atoms with Crippen molar-refractivity contribution in [2.75, 3.05) is 0 Å². The fraction of sp³-hybridized carbons (Fsp3) is 0.286. The number of hydrogen-bond acceptors (Lipinski definition) is 3. The number of halogens is 1. The molecule has 0 saturated carbocycles. The lowest BCUT2D eigenvalue weighted by atomic mass is 10.1. The highest BCUT2D eigenvalue weighted by atomic mass is 35.5. The van der Waals surface area contributed by atoms with Gasteiger partial charge in [0.1, 0.15) is 5.03 Å². The van der Waals surface area contributed by atoms with Crippen molar-refractivity contribution in [2.24, 2.45) is 0 Å². The molecule has 2 aromatic rings. The van der Waals surface area contributed by atoms with Gasteiger partial charge in [-0.15, -0.1) is 11.8 Å². The zero-order valence-corrected chi connectivity index (χ0v) is 12.3. The largest absolute Gasteiger partial charge is 0.226 e. The van der Waals surface area contributed by atoms with Crippen molar-refractivity contribution in [3.63, 3.8) is 0 Å². The molecular weight excluding hydrogens is 264 g/mol. The minimum Gasteiger partial charge on any atom is -0.226 e. The van der Waals surface area contributed by atoms with E-state index >= 15 is 0 Å². The van der Waals surface area contributed by atoms with Crippen LogP contribution in [0, 0.1) is 20.8 Å². The summed E-state index contributed by atoms with van der Waals surface area (Å²) < 4.78 is 0. The van der Waals surface area contributed by atoms with E-state index in [1.807, 2.05) is 6.92 Å². The van der Waals surface area contributed by atoms with Gasteiger partial charge < -0.3 is 0 Å². The second-order valence-electron chi connectivity index (χ2n) is 4.41. The van der Waals surface area contributed by atoms with E-state index in [2.05, 4.69) is 42.0 Å². The predicted molar refractivity (Wildman–Crippen MR) is 77.3 cm³/mol. The first-order chi connectivity index (χ1) is 8.54. The molecule has 4 heteroatoms. The fourth-order valence-corrected chi connectivity index (χ4v) is 2.94. The molecule has 0 aliphatic carbocycles. The zero-order valence-electron chi connectivity index (χ0n) is 10.7. The molecule has 0 aliphatic rings. The zero-order chi connectivity index (χ0) is 13.1. The Labute approximate surface area is 117 Å². The molecule has 2 nitrogen and oxygen atoms in total. The van der Waals surface area contributed by atoms with Gasteiger partial charge in [0.25, 0.3) is 0 Å². The van der Waals surface area contributed by atoms with Gasteiger partial charge in [0.2, 0.25) is 5.28 Å². The first kappa shape index (κ1) is 13.4. The molecule has 0 spiro atoms. The Kier molecular flexibility index (Phi) is 4.25. The van der Waals surface area contributed by atoms with E-state index < -0.39 is 0 Å².